The van der Waals surface area contributed by atoms with Gasteiger partial charge in [-0.2, -0.15) is 26.3 Å². The van der Waals surface area contributed by atoms with Crippen LogP contribution in [-0.2, 0) is 12.4 Å². The molecule has 30 heavy (non-hydrogen) atoms. The third kappa shape index (κ3) is 5.03. The Morgan fingerprint density at radius 2 is 1.60 bits per heavy atom. The molecule has 0 bridgehead atoms. The number of hydrogen-bond donors (Lipinski definition) is 0. The number of hydrogen-bond acceptors (Lipinski definition) is 4. The van der Waals surface area contributed by atoms with Gasteiger partial charge < -0.3 is 9.64 Å². The maximum atomic E-state index is 12.9. The number of halogens is 6. The van der Waals surface area contributed by atoms with Crippen LogP contribution in [0.5, 0.6) is 5.75 Å². The van der Waals surface area contributed by atoms with Crippen LogP contribution in [0.2, 0.25) is 0 Å². The van der Waals surface area contributed by atoms with Crippen molar-refractivity contribution in [1.82, 2.24) is 4.98 Å². The largest absolute Gasteiger partial charge is 0.490 e. The van der Waals surface area contributed by atoms with E-state index in [-0.39, 0.29) is 17.4 Å². The summed E-state index contributed by atoms with van der Waals surface area (Å²) in [5.74, 6) is -0.0514. The number of ketones is 1. The molecule has 4 nitrogen and oxygen atoms in total. The van der Waals surface area contributed by atoms with Gasteiger partial charge in [0.05, 0.1) is 16.7 Å². The number of alkyl halides is 6. The van der Waals surface area contributed by atoms with Crippen molar-refractivity contribution in [2.45, 2.75) is 38.2 Å². The van der Waals surface area contributed by atoms with E-state index in [9.17, 15) is 31.1 Å². The van der Waals surface area contributed by atoms with E-state index in [1.165, 1.54) is 13.0 Å². The van der Waals surface area contributed by atoms with Crippen LogP contribution in [0.25, 0.3) is 0 Å². The highest BCUT2D eigenvalue weighted by molar-refractivity contribution is 5.97. The highest BCUT2D eigenvalue weighted by Gasteiger charge is 2.33. The second-order valence-corrected chi connectivity index (χ2v) is 6.97. The van der Waals surface area contributed by atoms with Crippen LogP contribution in [-0.4, -0.2) is 30.0 Å². The smallest absolute Gasteiger partial charge is 0.417 e. The molecular formula is C20H18F6N2O2. The van der Waals surface area contributed by atoms with Crippen molar-refractivity contribution in [3.05, 3.63) is 53.2 Å². The molecule has 0 radical (unpaired) electrons. The van der Waals surface area contributed by atoms with E-state index in [0.29, 0.717) is 31.7 Å². The van der Waals surface area contributed by atoms with Gasteiger partial charge in [-0.1, -0.05) is 0 Å². The third-order valence-electron chi connectivity index (χ3n) is 4.82. The lowest BCUT2D eigenvalue weighted by molar-refractivity contribution is -0.138. The zero-order chi connectivity index (χ0) is 22.1. The Morgan fingerprint density at radius 1 is 1.00 bits per heavy atom. The van der Waals surface area contributed by atoms with Crippen LogP contribution in [0.4, 0.5) is 32.2 Å². The Bertz CT molecular complexity index is 901. The van der Waals surface area contributed by atoms with Gasteiger partial charge in [-0.25, -0.2) is 4.98 Å². The maximum absolute atomic E-state index is 12.9. The summed E-state index contributed by atoms with van der Waals surface area (Å²) in [4.78, 5) is 17.4. The second-order valence-electron chi connectivity index (χ2n) is 6.97. The summed E-state index contributed by atoms with van der Waals surface area (Å²) in [5.41, 5.74) is -1.90. The lowest BCUT2D eigenvalue weighted by atomic mass is 10.0. The highest BCUT2D eigenvalue weighted by atomic mass is 19.4. The quantitative estimate of drug-likeness (QED) is 0.481. The lowest BCUT2D eigenvalue weighted by Gasteiger charge is -2.33. The Balaban J connectivity index is 1.65. The van der Waals surface area contributed by atoms with E-state index < -0.39 is 29.3 Å². The number of pyridine rings is 1. The average Bonchev–Trinajstić information content (AvgIpc) is 2.67. The van der Waals surface area contributed by atoms with Crippen molar-refractivity contribution in [2.75, 3.05) is 18.0 Å². The second kappa shape index (κ2) is 8.16. The van der Waals surface area contributed by atoms with Crippen molar-refractivity contribution in [2.24, 2.45) is 0 Å². The molecule has 1 aromatic heterocycles. The molecule has 0 amide bonds. The van der Waals surface area contributed by atoms with Crippen molar-refractivity contribution in [3.63, 3.8) is 0 Å². The summed E-state index contributed by atoms with van der Waals surface area (Å²) in [6, 6.07) is 5.05. The fourth-order valence-electron chi connectivity index (χ4n) is 3.21. The summed E-state index contributed by atoms with van der Waals surface area (Å²) in [7, 11) is 0. The van der Waals surface area contributed by atoms with Crippen LogP contribution >= 0.6 is 0 Å². The van der Waals surface area contributed by atoms with Gasteiger partial charge in [0.15, 0.2) is 5.78 Å². The fourth-order valence-corrected chi connectivity index (χ4v) is 3.21. The first-order valence-corrected chi connectivity index (χ1v) is 9.12. The van der Waals surface area contributed by atoms with Crippen molar-refractivity contribution in [3.8, 4) is 5.75 Å². The van der Waals surface area contributed by atoms with Gasteiger partial charge in [0.1, 0.15) is 17.7 Å². The van der Waals surface area contributed by atoms with Gasteiger partial charge in [0, 0.05) is 32.1 Å². The van der Waals surface area contributed by atoms with E-state index in [1.807, 2.05) is 0 Å². The molecule has 0 saturated carbocycles. The SMILES string of the molecule is CC(=O)c1cc(C(F)(F)F)ccc1OC1CCN(c2ccc(C(F)(F)F)cn2)CC1. The van der Waals surface area contributed by atoms with E-state index in [2.05, 4.69) is 4.98 Å². The van der Waals surface area contributed by atoms with E-state index >= 15 is 0 Å². The molecule has 1 saturated heterocycles. The molecule has 162 valence electrons. The van der Waals surface area contributed by atoms with Crippen LogP contribution in [0.3, 0.4) is 0 Å². The van der Waals surface area contributed by atoms with E-state index in [1.54, 1.807) is 4.90 Å². The van der Waals surface area contributed by atoms with Gasteiger partial charge in [-0.3, -0.25) is 4.79 Å². The number of aromatic nitrogens is 1. The number of carbonyl (C=O) groups excluding carboxylic acids is 1. The maximum Gasteiger partial charge on any atom is 0.417 e. The predicted octanol–water partition coefficient (Wildman–Crippen LogP) is 5.37. The Labute approximate surface area is 168 Å². The third-order valence-corrected chi connectivity index (χ3v) is 4.82. The minimum atomic E-state index is -4.57. The average molecular weight is 432 g/mol. The predicted molar refractivity (Wildman–Crippen MR) is 96.6 cm³/mol. The summed E-state index contributed by atoms with van der Waals surface area (Å²) < 4.78 is 82.4. The lowest BCUT2D eigenvalue weighted by Crippen LogP contribution is -2.38. The Morgan fingerprint density at radius 3 is 2.10 bits per heavy atom. The van der Waals surface area contributed by atoms with Crippen LogP contribution in [0.15, 0.2) is 36.5 Å². The van der Waals surface area contributed by atoms with Gasteiger partial charge in [0.2, 0.25) is 0 Å². The van der Waals surface area contributed by atoms with Gasteiger partial charge in [0.25, 0.3) is 0 Å². The minimum Gasteiger partial charge on any atom is -0.490 e. The van der Waals surface area contributed by atoms with Crippen molar-refractivity contribution >= 4 is 11.6 Å². The van der Waals surface area contributed by atoms with Gasteiger partial charge in [-0.15, -0.1) is 0 Å². The normalized spacial score (nSPS) is 15.9. The molecule has 3 rings (SSSR count). The number of rotatable bonds is 4. The fraction of sp³-hybridized carbons (Fsp3) is 0.400. The van der Waals surface area contributed by atoms with Crippen molar-refractivity contribution < 1.29 is 35.9 Å². The van der Waals surface area contributed by atoms with Crippen molar-refractivity contribution in [1.29, 1.82) is 0 Å². The molecule has 10 heteroatoms. The number of carbonyl (C=O) groups is 1. The topological polar surface area (TPSA) is 42.4 Å². The molecule has 0 atom stereocenters. The van der Waals surface area contributed by atoms with Crippen LogP contribution in [0, 0.1) is 0 Å². The molecule has 1 aliphatic rings. The van der Waals surface area contributed by atoms with E-state index in [4.69, 9.17) is 4.74 Å². The molecular weight excluding hydrogens is 414 g/mol. The molecule has 1 fully saturated rings. The Hall–Kier alpha value is -2.78. The summed E-state index contributed by atoms with van der Waals surface area (Å²) >= 11 is 0. The summed E-state index contributed by atoms with van der Waals surface area (Å²) in [6.07, 6.45) is -7.64. The molecule has 2 heterocycles. The van der Waals surface area contributed by atoms with Crippen LogP contribution < -0.4 is 9.64 Å². The van der Waals surface area contributed by atoms with Gasteiger partial charge in [-0.05, 0) is 37.3 Å². The molecule has 0 aliphatic carbocycles. The minimum absolute atomic E-state index is 0.0848. The number of Topliss-reactive ketones (excluding diaryl/α,β-unsaturated/α-hetero) is 1. The number of ether oxygens (including phenoxy) is 1. The molecule has 2 aromatic rings. The molecule has 0 unspecified atom stereocenters. The highest BCUT2D eigenvalue weighted by Crippen LogP contribution is 2.34. The van der Waals surface area contributed by atoms with E-state index in [0.717, 1.165) is 30.5 Å². The number of anilines is 1. The molecule has 1 aliphatic heterocycles. The molecule has 0 N–H and O–H groups in total. The Kier molecular flexibility index (Phi) is 5.96. The zero-order valence-electron chi connectivity index (χ0n) is 15.8. The summed E-state index contributed by atoms with van der Waals surface area (Å²) in [5, 5.41) is 0. The number of nitrogens with zero attached hydrogens (tertiary/aromatic N) is 2. The monoisotopic (exact) mass is 432 g/mol. The zero-order valence-corrected chi connectivity index (χ0v) is 15.8. The first kappa shape index (κ1) is 21.9. The molecule has 0 spiro atoms. The number of benzene rings is 1. The van der Waals surface area contributed by atoms with Crippen LogP contribution in [0.1, 0.15) is 41.3 Å². The molecule has 1 aromatic carbocycles. The summed E-state index contributed by atoms with van der Waals surface area (Å²) in [6.45, 7) is 2.05. The first-order chi connectivity index (χ1) is 13.9. The van der Waals surface area contributed by atoms with Gasteiger partial charge >= 0.3 is 12.4 Å². The standard InChI is InChI=1S/C20H18F6N2O2/c1-12(29)16-10-13(19(21,22)23)2-4-17(16)30-15-6-8-28(9-7-15)18-5-3-14(11-27-18)20(24,25)26/h2-5,10-11,15H,6-9H2,1H3. The first-order valence-electron chi connectivity index (χ1n) is 9.12. The number of piperidine rings is 1.